The van der Waals surface area contributed by atoms with Gasteiger partial charge in [0, 0.05) is 12.5 Å². The zero-order chi connectivity index (χ0) is 24.4. The first-order valence-corrected chi connectivity index (χ1v) is 11.5. The molecule has 0 amide bonds. The number of nitrogens with zero attached hydrogens (tertiary/aromatic N) is 2. The molecule has 2 N–H and O–H groups in total. The van der Waals surface area contributed by atoms with Crippen LogP contribution in [0.2, 0.25) is 0 Å². The van der Waals surface area contributed by atoms with Crippen molar-refractivity contribution < 1.29 is 24.1 Å². The Morgan fingerprint density at radius 2 is 1.80 bits per heavy atom. The van der Waals surface area contributed by atoms with Crippen molar-refractivity contribution in [2.75, 3.05) is 6.61 Å². The lowest BCUT2D eigenvalue weighted by Gasteiger charge is -2.26. The van der Waals surface area contributed by atoms with Crippen LogP contribution in [0.15, 0.2) is 60.7 Å². The van der Waals surface area contributed by atoms with E-state index in [1.165, 1.54) is 16.7 Å². The molecule has 1 saturated heterocycles. The molecule has 0 aliphatic carbocycles. The molecule has 1 aromatic heterocycles. The summed E-state index contributed by atoms with van der Waals surface area (Å²) < 4.78 is 27.2. The van der Waals surface area contributed by atoms with Crippen molar-refractivity contribution in [2.45, 2.75) is 37.4 Å². The lowest BCUT2D eigenvalue weighted by molar-refractivity contribution is -0.0876. The molecule has 2 aliphatic rings. The minimum absolute atomic E-state index is 0.0617. The van der Waals surface area contributed by atoms with E-state index in [0.717, 1.165) is 10.8 Å². The van der Waals surface area contributed by atoms with Crippen molar-refractivity contribution in [1.29, 1.82) is 0 Å². The Morgan fingerprint density at radius 3 is 2.57 bits per heavy atom. The number of rotatable bonds is 5. The first kappa shape index (κ1) is 21.5. The van der Waals surface area contributed by atoms with Crippen LogP contribution in [0.5, 0.6) is 17.5 Å². The fourth-order valence-electron chi connectivity index (χ4n) is 5.79. The predicted molar refractivity (Wildman–Crippen MR) is 129 cm³/mol. The molecule has 4 aromatic rings. The first-order valence-electron chi connectivity index (χ1n) is 11.5. The van der Waals surface area contributed by atoms with Crippen LogP contribution in [-0.2, 0) is 15.9 Å². The Balaban J connectivity index is 1.44. The third-order valence-corrected chi connectivity index (χ3v) is 7.34. The molecule has 2 atom stereocenters. The van der Waals surface area contributed by atoms with E-state index in [-0.39, 0.29) is 24.2 Å². The zero-order valence-electron chi connectivity index (χ0n) is 19.1. The average Bonchev–Trinajstić information content (AvgIpc) is 3.43. The maximum Gasteiger partial charge on any atom is 0.205 e. The van der Waals surface area contributed by atoms with Crippen LogP contribution in [0.25, 0.3) is 21.3 Å². The molecule has 2 aliphatic heterocycles. The standard InChI is InChI=1S/C28H23FN2O4/c1-27-12-13-28(35-27,14-15-34-18-7-5-6-17(29)16-18)24-23(27)25(32)31(26(24)33)22-11-10-21(30-2)19-8-3-4-9-20(19)22/h3-11,16,32-33H,12-15H2,1H3. The Kier molecular flexibility index (Phi) is 4.60. The van der Waals surface area contributed by atoms with Gasteiger partial charge < -0.3 is 19.7 Å². The molecule has 3 aromatic carbocycles. The van der Waals surface area contributed by atoms with Gasteiger partial charge in [0.15, 0.2) is 5.69 Å². The van der Waals surface area contributed by atoms with E-state index in [0.29, 0.717) is 47.5 Å². The lowest BCUT2D eigenvalue weighted by Crippen LogP contribution is -2.25. The second-order valence-electron chi connectivity index (χ2n) is 9.38. The molecule has 0 saturated carbocycles. The molecular formula is C28H23FN2O4. The highest BCUT2D eigenvalue weighted by Crippen LogP contribution is 2.65. The fourth-order valence-corrected chi connectivity index (χ4v) is 5.79. The number of aromatic hydroxyl groups is 2. The molecule has 2 unspecified atom stereocenters. The van der Waals surface area contributed by atoms with Gasteiger partial charge in [-0.1, -0.05) is 36.4 Å². The molecule has 6 rings (SSSR count). The van der Waals surface area contributed by atoms with Gasteiger partial charge in [0.05, 0.1) is 35.6 Å². The van der Waals surface area contributed by atoms with E-state index < -0.39 is 11.2 Å². The lowest BCUT2D eigenvalue weighted by atomic mass is 9.78. The number of fused-ring (bicyclic) bond motifs is 6. The third kappa shape index (κ3) is 3.03. The van der Waals surface area contributed by atoms with Crippen LogP contribution >= 0.6 is 0 Å². The maximum absolute atomic E-state index is 13.5. The van der Waals surface area contributed by atoms with E-state index >= 15 is 0 Å². The summed E-state index contributed by atoms with van der Waals surface area (Å²) in [5, 5.41) is 24.4. The van der Waals surface area contributed by atoms with E-state index in [1.807, 2.05) is 31.2 Å². The van der Waals surface area contributed by atoms with Crippen LogP contribution in [0.3, 0.4) is 0 Å². The van der Waals surface area contributed by atoms with Gasteiger partial charge in [-0.25, -0.2) is 9.24 Å². The summed E-state index contributed by atoms with van der Waals surface area (Å²) >= 11 is 0. The Labute approximate surface area is 201 Å². The normalized spacial score (nSPS) is 22.3. The van der Waals surface area contributed by atoms with Gasteiger partial charge in [-0.15, -0.1) is 0 Å². The second-order valence-corrected chi connectivity index (χ2v) is 9.38. The van der Waals surface area contributed by atoms with Gasteiger partial charge in [0.25, 0.3) is 0 Å². The molecule has 35 heavy (non-hydrogen) atoms. The summed E-state index contributed by atoms with van der Waals surface area (Å²) in [5.74, 6) is -0.0817. The highest BCUT2D eigenvalue weighted by atomic mass is 19.1. The molecule has 6 nitrogen and oxygen atoms in total. The minimum atomic E-state index is -0.823. The van der Waals surface area contributed by atoms with Gasteiger partial charge in [0.1, 0.15) is 17.2 Å². The third-order valence-electron chi connectivity index (χ3n) is 7.34. The fraction of sp³-hybridized carbons (Fsp3) is 0.250. The van der Waals surface area contributed by atoms with Gasteiger partial charge >= 0.3 is 0 Å². The summed E-state index contributed by atoms with van der Waals surface area (Å²) in [6.07, 6.45) is 1.78. The van der Waals surface area contributed by atoms with Crippen molar-refractivity contribution >= 4 is 16.5 Å². The van der Waals surface area contributed by atoms with Crippen molar-refractivity contribution in [2.24, 2.45) is 0 Å². The van der Waals surface area contributed by atoms with Crippen LogP contribution < -0.4 is 4.74 Å². The second kappa shape index (κ2) is 7.49. The monoisotopic (exact) mass is 470 g/mol. The quantitative estimate of drug-likeness (QED) is 0.330. The average molecular weight is 471 g/mol. The van der Waals surface area contributed by atoms with Gasteiger partial charge in [0.2, 0.25) is 11.8 Å². The molecule has 176 valence electrons. The highest BCUT2D eigenvalue weighted by molar-refractivity contribution is 6.00. The Hall–Kier alpha value is -4.02. The van der Waals surface area contributed by atoms with Crippen molar-refractivity contribution in [3.8, 4) is 23.2 Å². The van der Waals surface area contributed by atoms with E-state index in [4.69, 9.17) is 16.0 Å². The SMILES string of the molecule is [C-]#[N+]c1ccc(-n2c(O)c3c(c2O)C2(CCOc4cccc(F)c4)CCC3(C)O2)c2ccccc12. The topological polar surface area (TPSA) is 68.2 Å². The van der Waals surface area contributed by atoms with Crippen molar-refractivity contribution in [3.05, 3.63) is 89.0 Å². The van der Waals surface area contributed by atoms with Gasteiger partial charge in [-0.05, 0) is 48.7 Å². The molecule has 2 bridgehead atoms. The summed E-state index contributed by atoms with van der Waals surface area (Å²) in [5.41, 5.74) is 0.690. The summed E-state index contributed by atoms with van der Waals surface area (Å²) in [4.78, 5) is 3.61. The highest BCUT2D eigenvalue weighted by Gasteiger charge is 2.61. The summed E-state index contributed by atoms with van der Waals surface area (Å²) in [6.45, 7) is 9.67. The van der Waals surface area contributed by atoms with Crippen LogP contribution in [0, 0.1) is 12.4 Å². The zero-order valence-corrected chi connectivity index (χ0v) is 19.1. The van der Waals surface area contributed by atoms with E-state index in [9.17, 15) is 14.6 Å². The van der Waals surface area contributed by atoms with Crippen LogP contribution in [0.1, 0.15) is 37.3 Å². The smallest absolute Gasteiger partial charge is 0.205 e. The number of halogens is 1. The predicted octanol–water partition coefficient (Wildman–Crippen LogP) is 6.44. The summed E-state index contributed by atoms with van der Waals surface area (Å²) in [6, 6.07) is 16.9. The maximum atomic E-state index is 13.5. The molecule has 7 heteroatoms. The number of aromatic nitrogens is 1. The molecule has 3 heterocycles. The first-order chi connectivity index (χ1) is 16.9. The van der Waals surface area contributed by atoms with Crippen LogP contribution in [0.4, 0.5) is 10.1 Å². The van der Waals surface area contributed by atoms with Crippen molar-refractivity contribution in [3.63, 3.8) is 0 Å². The number of benzene rings is 3. The molecule has 0 radical (unpaired) electrons. The number of hydrogen-bond acceptors (Lipinski definition) is 4. The van der Waals surface area contributed by atoms with Gasteiger partial charge in [-0.3, -0.25) is 4.57 Å². The molecular weight excluding hydrogens is 447 g/mol. The summed E-state index contributed by atoms with van der Waals surface area (Å²) in [7, 11) is 0. The van der Waals surface area contributed by atoms with E-state index in [2.05, 4.69) is 4.85 Å². The molecule has 1 fully saturated rings. The number of hydrogen-bond donors (Lipinski definition) is 2. The van der Waals surface area contributed by atoms with Crippen LogP contribution in [-0.4, -0.2) is 21.4 Å². The Morgan fingerprint density at radius 1 is 1.03 bits per heavy atom. The van der Waals surface area contributed by atoms with Gasteiger partial charge in [-0.2, -0.15) is 0 Å². The largest absolute Gasteiger partial charge is 0.494 e. The van der Waals surface area contributed by atoms with E-state index in [1.54, 1.807) is 24.3 Å². The number of ether oxygens (including phenoxy) is 2. The van der Waals surface area contributed by atoms with Crippen molar-refractivity contribution in [1.82, 2.24) is 4.57 Å². The Bertz CT molecular complexity index is 1540. The minimum Gasteiger partial charge on any atom is -0.494 e. The molecule has 0 spiro atoms.